The molecule has 15 heavy (non-hydrogen) atoms. The van der Waals surface area contributed by atoms with Crippen molar-refractivity contribution in [1.82, 2.24) is 0 Å². The number of rotatable bonds is 3. The third-order valence-electron chi connectivity index (χ3n) is 1.76. The molecule has 0 aromatic heterocycles. The molecule has 0 saturated carbocycles. The lowest BCUT2D eigenvalue weighted by Crippen LogP contribution is -2.17. The number of hydrogen-bond acceptors (Lipinski definition) is 2. The highest BCUT2D eigenvalue weighted by Crippen LogP contribution is 2.31. The van der Waals surface area contributed by atoms with E-state index in [4.69, 9.17) is 4.74 Å². The molecule has 0 spiro atoms. The van der Waals surface area contributed by atoms with E-state index in [9.17, 15) is 13.2 Å². The van der Waals surface area contributed by atoms with Crippen LogP contribution >= 0.6 is 0 Å². The van der Waals surface area contributed by atoms with Crippen molar-refractivity contribution >= 4 is 0 Å². The van der Waals surface area contributed by atoms with Crippen LogP contribution in [-0.4, -0.2) is 13.0 Å². The van der Waals surface area contributed by atoms with E-state index in [1.807, 2.05) is 0 Å². The molecular formula is C10H11F3O2. The molecule has 5 heteroatoms. The van der Waals surface area contributed by atoms with Crippen LogP contribution in [0.4, 0.5) is 13.2 Å². The molecule has 0 atom stereocenters. The first-order chi connectivity index (χ1) is 6.94. The molecule has 0 aliphatic rings. The summed E-state index contributed by atoms with van der Waals surface area (Å²) in [4.78, 5) is 0. The van der Waals surface area contributed by atoms with Crippen LogP contribution in [0.2, 0.25) is 0 Å². The van der Waals surface area contributed by atoms with Crippen LogP contribution in [0.3, 0.4) is 0 Å². The summed E-state index contributed by atoms with van der Waals surface area (Å²) in [5.41, 5.74) is 0.344. The van der Waals surface area contributed by atoms with Gasteiger partial charge in [0.2, 0.25) is 0 Å². The largest absolute Gasteiger partial charge is 0.573 e. The lowest BCUT2D eigenvalue weighted by atomic mass is 10.2. The van der Waals surface area contributed by atoms with E-state index in [0.29, 0.717) is 17.9 Å². The summed E-state index contributed by atoms with van der Waals surface area (Å²) in [6.07, 6.45) is -4.67. The Morgan fingerprint density at radius 1 is 1.20 bits per heavy atom. The predicted molar refractivity (Wildman–Crippen MR) is 49.0 cm³/mol. The number of alkyl halides is 3. The topological polar surface area (TPSA) is 18.5 Å². The van der Waals surface area contributed by atoms with E-state index < -0.39 is 6.36 Å². The molecular weight excluding hydrogens is 209 g/mol. The third kappa shape index (κ3) is 3.34. The Hall–Kier alpha value is -1.39. The van der Waals surface area contributed by atoms with Crippen molar-refractivity contribution in [2.24, 2.45) is 0 Å². The summed E-state index contributed by atoms with van der Waals surface area (Å²) in [7, 11) is 0. The fourth-order valence-electron chi connectivity index (χ4n) is 1.14. The molecule has 0 fully saturated rings. The van der Waals surface area contributed by atoms with Gasteiger partial charge in [0.05, 0.1) is 6.61 Å². The molecule has 0 N–H and O–H groups in total. The van der Waals surface area contributed by atoms with E-state index in [2.05, 4.69) is 4.74 Å². The Bertz CT molecular complexity index is 334. The molecule has 1 aromatic carbocycles. The number of benzene rings is 1. The highest BCUT2D eigenvalue weighted by molar-refractivity contribution is 5.43. The molecule has 0 radical (unpaired) electrons. The molecule has 0 amide bonds. The van der Waals surface area contributed by atoms with Gasteiger partial charge in [0.15, 0.2) is 0 Å². The first-order valence-electron chi connectivity index (χ1n) is 4.42. The van der Waals surface area contributed by atoms with Gasteiger partial charge in [-0.1, -0.05) is 6.07 Å². The third-order valence-corrected chi connectivity index (χ3v) is 1.76. The summed E-state index contributed by atoms with van der Waals surface area (Å²) in [5.74, 6) is 0.174. The van der Waals surface area contributed by atoms with Crippen LogP contribution in [0.15, 0.2) is 18.2 Å². The lowest BCUT2D eigenvalue weighted by Gasteiger charge is -2.13. The number of halogens is 3. The molecule has 1 rings (SSSR count). The molecule has 0 aliphatic heterocycles. The summed E-state index contributed by atoms with van der Waals surface area (Å²) in [6, 6.07) is 4.31. The first kappa shape index (κ1) is 11.7. The second-order valence-electron chi connectivity index (χ2n) is 2.86. The highest BCUT2D eigenvalue weighted by atomic mass is 19.4. The van der Waals surface area contributed by atoms with E-state index in [0.717, 1.165) is 0 Å². The van der Waals surface area contributed by atoms with E-state index >= 15 is 0 Å². The number of hydrogen-bond donors (Lipinski definition) is 0. The first-order valence-corrected chi connectivity index (χ1v) is 4.42. The second-order valence-corrected chi connectivity index (χ2v) is 2.86. The van der Waals surface area contributed by atoms with Gasteiger partial charge in [-0.2, -0.15) is 0 Å². The molecule has 84 valence electrons. The Balaban J connectivity index is 2.94. The van der Waals surface area contributed by atoms with Crippen molar-refractivity contribution < 1.29 is 22.6 Å². The van der Waals surface area contributed by atoms with Crippen LogP contribution in [0, 0.1) is 6.92 Å². The average molecular weight is 220 g/mol. The molecule has 1 aromatic rings. The van der Waals surface area contributed by atoms with Gasteiger partial charge >= 0.3 is 6.36 Å². The van der Waals surface area contributed by atoms with Gasteiger partial charge in [-0.15, -0.1) is 13.2 Å². The predicted octanol–water partition coefficient (Wildman–Crippen LogP) is 3.29. The smallest absolute Gasteiger partial charge is 0.493 e. The van der Waals surface area contributed by atoms with E-state index in [-0.39, 0.29) is 5.75 Å². The van der Waals surface area contributed by atoms with Gasteiger partial charge in [-0.25, -0.2) is 0 Å². The van der Waals surface area contributed by atoms with Gasteiger partial charge in [-0.05, 0) is 26.0 Å². The summed E-state index contributed by atoms with van der Waals surface area (Å²) in [5, 5.41) is 0. The Kier molecular flexibility index (Phi) is 3.44. The van der Waals surface area contributed by atoms with Crippen molar-refractivity contribution in [1.29, 1.82) is 0 Å². The zero-order chi connectivity index (χ0) is 11.5. The fraction of sp³-hybridized carbons (Fsp3) is 0.400. The average Bonchev–Trinajstić information content (AvgIpc) is 2.10. The molecule has 0 unspecified atom stereocenters. The maximum absolute atomic E-state index is 12.0. The van der Waals surface area contributed by atoms with Crippen LogP contribution in [-0.2, 0) is 0 Å². The van der Waals surface area contributed by atoms with Crippen LogP contribution in [0.5, 0.6) is 11.5 Å². The molecule has 2 nitrogen and oxygen atoms in total. The summed E-state index contributed by atoms with van der Waals surface area (Å²) < 4.78 is 44.9. The monoisotopic (exact) mass is 220 g/mol. The van der Waals surface area contributed by atoms with Crippen molar-refractivity contribution in [3.8, 4) is 11.5 Å². The van der Waals surface area contributed by atoms with Gasteiger partial charge in [0.25, 0.3) is 0 Å². The highest BCUT2D eigenvalue weighted by Gasteiger charge is 2.32. The quantitative estimate of drug-likeness (QED) is 0.778. The van der Waals surface area contributed by atoms with Gasteiger partial charge in [-0.3, -0.25) is 0 Å². The summed E-state index contributed by atoms with van der Waals surface area (Å²) in [6.45, 7) is 3.68. The standard InChI is InChI=1S/C10H11F3O2/c1-3-14-8-5-4-6-9(7(8)2)15-10(11,12)13/h4-6H,3H2,1-2H3. The van der Waals surface area contributed by atoms with Crippen molar-refractivity contribution in [2.45, 2.75) is 20.2 Å². The summed E-state index contributed by atoms with van der Waals surface area (Å²) >= 11 is 0. The van der Waals surface area contributed by atoms with E-state index in [1.165, 1.54) is 19.1 Å². The normalized spacial score (nSPS) is 11.3. The van der Waals surface area contributed by atoms with Crippen molar-refractivity contribution in [2.75, 3.05) is 6.61 Å². The second kappa shape index (κ2) is 4.42. The fourth-order valence-corrected chi connectivity index (χ4v) is 1.14. The molecule has 0 saturated heterocycles. The van der Waals surface area contributed by atoms with Crippen LogP contribution < -0.4 is 9.47 Å². The Morgan fingerprint density at radius 2 is 1.80 bits per heavy atom. The van der Waals surface area contributed by atoms with Crippen molar-refractivity contribution in [3.63, 3.8) is 0 Å². The maximum Gasteiger partial charge on any atom is 0.573 e. The van der Waals surface area contributed by atoms with E-state index in [1.54, 1.807) is 13.0 Å². The van der Waals surface area contributed by atoms with Crippen molar-refractivity contribution in [3.05, 3.63) is 23.8 Å². The molecule has 0 heterocycles. The van der Waals surface area contributed by atoms with Crippen LogP contribution in [0.25, 0.3) is 0 Å². The molecule has 0 aliphatic carbocycles. The lowest BCUT2D eigenvalue weighted by molar-refractivity contribution is -0.274. The minimum Gasteiger partial charge on any atom is -0.493 e. The van der Waals surface area contributed by atoms with Gasteiger partial charge in [0, 0.05) is 5.56 Å². The Morgan fingerprint density at radius 3 is 2.33 bits per heavy atom. The van der Waals surface area contributed by atoms with Gasteiger partial charge < -0.3 is 9.47 Å². The number of ether oxygens (including phenoxy) is 2. The molecule has 0 bridgehead atoms. The zero-order valence-corrected chi connectivity index (χ0v) is 8.39. The minimum absolute atomic E-state index is 0.228. The maximum atomic E-state index is 12.0. The zero-order valence-electron chi connectivity index (χ0n) is 8.39. The Labute approximate surface area is 85.6 Å². The SMILES string of the molecule is CCOc1cccc(OC(F)(F)F)c1C. The minimum atomic E-state index is -4.67. The van der Waals surface area contributed by atoms with Gasteiger partial charge in [0.1, 0.15) is 11.5 Å². The van der Waals surface area contributed by atoms with Crippen LogP contribution in [0.1, 0.15) is 12.5 Å².